The Balaban J connectivity index is 1.44. The Kier molecular flexibility index (Phi) is 7.00. The number of fused-ring (bicyclic) bond motifs is 1. The third kappa shape index (κ3) is 5.49. The second kappa shape index (κ2) is 10.7. The lowest BCUT2D eigenvalue weighted by molar-refractivity contribution is -0.133. The zero-order chi connectivity index (χ0) is 24.0. The Morgan fingerprint density at radius 3 is 2.29 bits per heavy atom. The number of aromatic nitrogens is 2. The zero-order valence-corrected chi connectivity index (χ0v) is 19.6. The van der Waals surface area contributed by atoms with E-state index >= 15 is 0 Å². The second-order valence-electron chi connectivity index (χ2n) is 9.02. The molecule has 2 heterocycles. The number of hydrogen-bond donors (Lipinski definition) is 1. The molecule has 0 radical (unpaired) electrons. The lowest BCUT2D eigenvalue weighted by Crippen LogP contribution is -2.38. The van der Waals surface area contributed by atoms with Gasteiger partial charge in [0.2, 0.25) is 5.91 Å². The highest BCUT2D eigenvalue weighted by Crippen LogP contribution is 2.29. The molecule has 6 nitrogen and oxygen atoms in total. The summed E-state index contributed by atoms with van der Waals surface area (Å²) in [6.07, 6.45) is 2.23. The number of aromatic amines is 1. The molecule has 0 saturated carbocycles. The Bertz CT molecular complexity index is 1290. The van der Waals surface area contributed by atoms with Gasteiger partial charge in [-0.05, 0) is 36.1 Å². The molecule has 1 saturated heterocycles. The fourth-order valence-corrected chi connectivity index (χ4v) is 4.78. The van der Waals surface area contributed by atoms with Crippen LogP contribution < -0.4 is 5.56 Å². The Morgan fingerprint density at radius 2 is 1.63 bits per heavy atom. The number of carbonyl (C=O) groups is 1. The lowest BCUT2D eigenvalue weighted by Gasteiger charge is -2.27. The highest BCUT2D eigenvalue weighted by Gasteiger charge is 2.27. The third-order valence-electron chi connectivity index (χ3n) is 6.59. The maximum atomic E-state index is 13.8. The molecule has 35 heavy (non-hydrogen) atoms. The largest absolute Gasteiger partial charge is 0.376 e. The number of nitrogens with zero attached hydrogens (tertiary/aromatic N) is 2. The molecule has 0 bridgehead atoms. The van der Waals surface area contributed by atoms with E-state index in [1.807, 2.05) is 54.6 Å². The molecule has 3 aromatic carbocycles. The van der Waals surface area contributed by atoms with Crippen LogP contribution in [0.5, 0.6) is 0 Å². The first-order valence-electron chi connectivity index (χ1n) is 12.1. The van der Waals surface area contributed by atoms with Crippen LogP contribution in [0.1, 0.15) is 42.1 Å². The molecule has 1 aliphatic heterocycles. The molecule has 0 unspecified atom stereocenters. The second-order valence-corrected chi connectivity index (χ2v) is 9.02. The number of H-pyrrole nitrogens is 1. The van der Waals surface area contributed by atoms with Crippen LogP contribution >= 0.6 is 0 Å². The van der Waals surface area contributed by atoms with Crippen LogP contribution in [0.25, 0.3) is 10.9 Å². The number of amides is 1. The summed E-state index contributed by atoms with van der Waals surface area (Å²) in [6.45, 7) is 1.43. The maximum absolute atomic E-state index is 13.8. The van der Waals surface area contributed by atoms with Crippen LogP contribution in [0.4, 0.5) is 0 Å². The third-order valence-corrected chi connectivity index (χ3v) is 6.59. The van der Waals surface area contributed by atoms with Crippen LogP contribution in [-0.2, 0) is 16.1 Å². The predicted octanol–water partition coefficient (Wildman–Crippen LogP) is 4.65. The van der Waals surface area contributed by atoms with E-state index in [4.69, 9.17) is 4.74 Å². The standard InChI is InChI=1S/C29H29N3O3/c33-28(18-25(21-10-3-1-4-11-21)22-12-5-2-6-13-22)32(19-23-14-9-17-35-23)20-27-30-26-16-8-7-15-24(26)29(34)31-27/h1-8,10-13,15-16,23,25H,9,14,17-20H2,(H,30,31,34)/t23-/m0/s1. The van der Waals surface area contributed by atoms with Gasteiger partial charge >= 0.3 is 0 Å². The molecule has 1 atom stereocenters. The summed E-state index contributed by atoms with van der Waals surface area (Å²) in [5, 5.41) is 0.543. The molecule has 1 aliphatic rings. The lowest BCUT2D eigenvalue weighted by atomic mass is 9.88. The molecule has 6 heteroatoms. The van der Waals surface area contributed by atoms with E-state index in [0.717, 1.165) is 24.0 Å². The van der Waals surface area contributed by atoms with Crippen LogP contribution in [-0.4, -0.2) is 40.0 Å². The SMILES string of the molecule is O=C(CC(c1ccccc1)c1ccccc1)N(Cc1nc2ccccc2c(=O)[nH]1)C[C@@H]1CCCO1. The maximum Gasteiger partial charge on any atom is 0.258 e. The summed E-state index contributed by atoms with van der Waals surface area (Å²) in [5.41, 5.74) is 2.63. The highest BCUT2D eigenvalue weighted by molar-refractivity contribution is 5.79. The van der Waals surface area contributed by atoms with Crippen LogP contribution in [0, 0.1) is 0 Å². The Morgan fingerprint density at radius 1 is 0.971 bits per heavy atom. The molecule has 5 rings (SSSR count). The van der Waals surface area contributed by atoms with Gasteiger partial charge in [-0.1, -0.05) is 72.8 Å². The Hall–Kier alpha value is -3.77. The van der Waals surface area contributed by atoms with Gasteiger partial charge in [0.25, 0.3) is 5.56 Å². The Labute approximate surface area is 204 Å². The van der Waals surface area contributed by atoms with Crippen LogP contribution in [0.2, 0.25) is 0 Å². The van der Waals surface area contributed by atoms with Crippen molar-refractivity contribution in [3.8, 4) is 0 Å². The van der Waals surface area contributed by atoms with Gasteiger partial charge in [0.15, 0.2) is 0 Å². The molecule has 4 aromatic rings. The van der Waals surface area contributed by atoms with E-state index < -0.39 is 0 Å². The first kappa shape index (κ1) is 23.0. The van der Waals surface area contributed by atoms with E-state index in [0.29, 0.717) is 36.3 Å². The van der Waals surface area contributed by atoms with Crippen molar-refractivity contribution in [1.82, 2.24) is 14.9 Å². The summed E-state index contributed by atoms with van der Waals surface area (Å²) in [6, 6.07) is 27.5. The quantitative estimate of drug-likeness (QED) is 0.409. The molecule has 1 amide bonds. The van der Waals surface area contributed by atoms with Crippen molar-refractivity contribution in [2.45, 2.75) is 37.8 Å². The molecule has 0 aliphatic carbocycles. The number of hydrogen-bond acceptors (Lipinski definition) is 4. The predicted molar refractivity (Wildman–Crippen MR) is 136 cm³/mol. The minimum atomic E-state index is -0.193. The average Bonchev–Trinajstić information content (AvgIpc) is 3.41. The fourth-order valence-electron chi connectivity index (χ4n) is 4.78. The molecule has 1 fully saturated rings. The van der Waals surface area contributed by atoms with Gasteiger partial charge in [-0.15, -0.1) is 0 Å². The van der Waals surface area contributed by atoms with Gasteiger partial charge in [0.1, 0.15) is 5.82 Å². The van der Waals surface area contributed by atoms with Crippen molar-refractivity contribution < 1.29 is 9.53 Å². The summed E-state index contributed by atoms with van der Waals surface area (Å²) in [5.74, 6) is 0.422. The van der Waals surface area contributed by atoms with Gasteiger partial charge in [-0.3, -0.25) is 9.59 Å². The van der Waals surface area contributed by atoms with E-state index in [2.05, 4.69) is 34.2 Å². The van der Waals surface area contributed by atoms with E-state index in [9.17, 15) is 9.59 Å². The van der Waals surface area contributed by atoms with Crippen molar-refractivity contribution >= 4 is 16.8 Å². The fraction of sp³-hybridized carbons (Fsp3) is 0.276. The van der Waals surface area contributed by atoms with Crippen molar-refractivity contribution in [2.75, 3.05) is 13.2 Å². The van der Waals surface area contributed by atoms with Crippen molar-refractivity contribution in [3.05, 3.63) is 112 Å². The number of ether oxygens (including phenoxy) is 1. The van der Waals surface area contributed by atoms with Gasteiger partial charge in [-0.2, -0.15) is 0 Å². The van der Waals surface area contributed by atoms with Gasteiger partial charge in [0, 0.05) is 25.5 Å². The first-order chi connectivity index (χ1) is 17.2. The minimum absolute atomic E-state index is 0.00183. The molecule has 1 aromatic heterocycles. The monoisotopic (exact) mass is 467 g/mol. The summed E-state index contributed by atoms with van der Waals surface area (Å²) in [7, 11) is 0. The number of carbonyl (C=O) groups excluding carboxylic acids is 1. The van der Waals surface area contributed by atoms with Crippen molar-refractivity contribution in [3.63, 3.8) is 0 Å². The minimum Gasteiger partial charge on any atom is -0.376 e. The number of rotatable bonds is 8. The number of para-hydroxylation sites is 1. The normalized spacial score (nSPS) is 15.5. The van der Waals surface area contributed by atoms with Crippen LogP contribution in [0.3, 0.4) is 0 Å². The van der Waals surface area contributed by atoms with Crippen molar-refractivity contribution in [1.29, 1.82) is 0 Å². The summed E-state index contributed by atoms with van der Waals surface area (Å²) in [4.78, 5) is 35.7. The van der Waals surface area contributed by atoms with Crippen molar-refractivity contribution in [2.24, 2.45) is 0 Å². The van der Waals surface area contributed by atoms with Gasteiger partial charge in [-0.25, -0.2) is 4.98 Å². The summed E-state index contributed by atoms with van der Waals surface area (Å²) < 4.78 is 5.85. The molecule has 0 spiro atoms. The number of nitrogens with one attached hydrogen (secondary N) is 1. The molecule has 178 valence electrons. The van der Waals surface area contributed by atoms with Gasteiger partial charge in [0.05, 0.1) is 23.6 Å². The number of benzene rings is 3. The van der Waals surface area contributed by atoms with E-state index in [-0.39, 0.29) is 30.0 Å². The first-order valence-corrected chi connectivity index (χ1v) is 12.1. The van der Waals surface area contributed by atoms with Crippen LogP contribution in [0.15, 0.2) is 89.7 Å². The zero-order valence-electron chi connectivity index (χ0n) is 19.6. The smallest absolute Gasteiger partial charge is 0.258 e. The van der Waals surface area contributed by atoms with E-state index in [1.54, 1.807) is 11.0 Å². The highest BCUT2D eigenvalue weighted by atomic mass is 16.5. The molecular formula is C29H29N3O3. The van der Waals surface area contributed by atoms with Gasteiger partial charge < -0.3 is 14.6 Å². The molecule has 1 N–H and O–H groups in total. The molecular weight excluding hydrogens is 438 g/mol. The van der Waals surface area contributed by atoms with E-state index in [1.165, 1.54) is 0 Å². The average molecular weight is 468 g/mol. The summed E-state index contributed by atoms with van der Waals surface area (Å²) >= 11 is 0. The topological polar surface area (TPSA) is 75.3 Å².